The van der Waals surface area contributed by atoms with E-state index in [1.54, 1.807) is 6.92 Å². The third kappa shape index (κ3) is 4.99. The van der Waals surface area contributed by atoms with Crippen LogP contribution in [0.3, 0.4) is 0 Å². The SMILES string of the molecule is CCOC(=O)c1c(C[NH+](C)CC(=O)Nc2ccc(F)cc2)nc2ccccc2c1C. The average Bonchev–Trinajstić information content (AvgIpc) is 2.70. The summed E-state index contributed by atoms with van der Waals surface area (Å²) in [7, 11) is 1.85. The number of carbonyl (C=O) groups excluding carboxylic acids is 2. The highest BCUT2D eigenvalue weighted by Gasteiger charge is 2.23. The van der Waals surface area contributed by atoms with Crippen LogP contribution < -0.4 is 10.2 Å². The van der Waals surface area contributed by atoms with Crippen molar-refractivity contribution < 1.29 is 23.6 Å². The number of quaternary nitrogens is 1. The van der Waals surface area contributed by atoms with Crippen molar-refractivity contribution in [2.45, 2.75) is 20.4 Å². The molecule has 1 atom stereocenters. The summed E-state index contributed by atoms with van der Waals surface area (Å²) in [6.45, 7) is 4.45. The molecule has 1 aromatic heterocycles. The minimum atomic E-state index is -0.410. The van der Waals surface area contributed by atoms with Gasteiger partial charge in [-0.3, -0.25) is 4.79 Å². The van der Waals surface area contributed by atoms with Crippen molar-refractivity contribution in [2.75, 3.05) is 25.5 Å². The number of anilines is 1. The Labute approximate surface area is 174 Å². The fourth-order valence-corrected chi connectivity index (χ4v) is 3.40. The summed E-state index contributed by atoms with van der Waals surface area (Å²) in [5.41, 5.74) is 3.19. The monoisotopic (exact) mass is 410 g/mol. The number of carbonyl (C=O) groups is 2. The molecule has 156 valence electrons. The molecule has 3 rings (SSSR count). The first kappa shape index (κ1) is 21.4. The number of halogens is 1. The lowest BCUT2D eigenvalue weighted by Gasteiger charge is -2.17. The van der Waals surface area contributed by atoms with Crippen molar-refractivity contribution in [1.29, 1.82) is 0 Å². The second-order valence-electron chi connectivity index (χ2n) is 7.16. The van der Waals surface area contributed by atoms with Crippen LogP contribution in [0.5, 0.6) is 0 Å². The number of fused-ring (bicyclic) bond motifs is 1. The van der Waals surface area contributed by atoms with Crippen LogP contribution in [-0.4, -0.2) is 37.1 Å². The van der Waals surface area contributed by atoms with E-state index < -0.39 is 5.97 Å². The number of likely N-dealkylation sites (N-methyl/N-ethyl adjacent to an activating group) is 1. The van der Waals surface area contributed by atoms with Crippen molar-refractivity contribution in [2.24, 2.45) is 0 Å². The molecule has 0 aliphatic heterocycles. The molecule has 0 saturated carbocycles. The van der Waals surface area contributed by atoms with Gasteiger partial charge in [0.1, 0.15) is 18.1 Å². The maximum Gasteiger partial charge on any atom is 0.340 e. The minimum absolute atomic E-state index is 0.160. The number of aryl methyl sites for hydroxylation is 1. The van der Waals surface area contributed by atoms with E-state index in [1.807, 2.05) is 38.2 Å². The van der Waals surface area contributed by atoms with E-state index in [4.69, 9.17) is 4.74 Å². The van der Waals surface area contributed by atoms with Gasteiger partial charge in [0.05, 0.1) is 24.7 Å². The Hall–Kier alpha value is -3.32. The Kier molecular flexibility index (Phi) is 6.74. The molecule has 0 aliphatic carbocycles. The van der Waals surface area contributed by atoms with Crippen molar-refractivity contribution >= 4 is 28.5 Å². The van der Waals surface area contributed by atoms with E-state index in [1.165, 1.54) is 24.3 Å². The molecular formula is C23H25FN3O3+. The number of aromatic nitrogens is 1. The quantitative estimate of drug-likeness (QED) is 0.587. The number of rotatable bonds is 7. The van der Waals surface area contributed by atoms with Crippen LogP contribution in [0.1, 0.15) is 28.5 Å². The van der Waals surface area contributed by atoms with Gasteiger partial charge >= 0.3 is 5.97 Å². The predicted octanol–water partition coefficient (Wildman–Crippen LogP) is 2.51. The molecule has 3 aromatic rings. The molecule has 1 unspecified atom stereocenters. The Balaban J connectivity index is 1.81. The van der Waals surface area contributed by atoms with Gasteiger partial charge in [0.25, 0.3) is 5.91 Å². The average molecular weight is 410 g/mol. The lowest BCUT2D eigenvalue weighted by molar-refractivity contribution is -0.885. The predicted molar refractivity (Wildman–Crippen MR) is 113 cm³/mol. The van der Waals surface area contributed by atoms with E-state index in [9.17, 15) is 14.0 Å². The highest BCUT2D eigenvalue weighted by molar-refractivity contribution is 5.98. The van der Waals surface area contributed by atoms with E-state index in [0.29, 0.717) is 23.5 Å². The number of nitrogens with zero attached hydrogens (tertiary/aromatic N) is 1. The largest absolute Gasteiger partial charge is 0.462 e. The third-order valence-electron chi connectivity index (χ3n) is 4.77. The van der Waals surface area contributed by atoms with Gasteiger partial charge < -0.3 is 15.0 Å². The van der Waals surface area contributed by atoms with Gasteiger partial charge in [-0.2, -0.15) is 0 Å². The Morgan fingerprint density at radius 1 is 1.13 bits per heavy atom. The summed E-state index contributed by atoms with van der Waals surface area (Å²) in [5, 5.41) is 3.65. The molecule has 30 heavy (non-hydrogen) atoms. The fourth-order valence-electron chi connectivity index (χ4n) is 3.40. The number of nitrogens with one attached hydrogen (secondary N) is 2. The van der Waals surface area contributed by atoms with E-state index in [0.717, 1.165) is 21.4 Å². The molecule has 0 aliphatic rings. The van der Waals surface area contributed by atoms with Crippen LogP contribution in [0.4, 0.5) is 10.1 Å². The van der Waals surface area contributed by atoms with Crippen molar-refractivity contribution in [1.82, 2.24) is 4.98 Å². The third-order valence-corrected chi connectivity index (χ3v) is 4.77. The molecule has 1 amide bonds. The molecule has 0 spiro atoms. The van der Waals surface area contributed by atoms with Crippen LogP contribution in [0.15, 0.2) is 48.5 Å². The first-order valence-electron chi connectivity index (χ1n) is 9.81. The lowest BCUT2D eigenvalue weighted by Crippen LogP contribution is -3.08. The summed E-state index contributed by atoms with van der Waals surface area (Å²) in [6, 6.07) is 13.2. The number of hydrogen-bond donors (Lipinski definition) is 2. The van der Waals surface area contributed by atoms with Crippen LogP contribution in [0.2, 0.25) is 0 Å². The van der Waals surface area contributed by atoms with Crippen LogP contribution >= 0.6 is 0 Å². The van der Waals surface area contributed by atoms with Crippen LogP contribution in [-0.2, 0) is 16.1 Å². The summed E-state index contributed by atoms with van der Waals surface area (Å²) < 4.78 is 18.3. The van der Waals surface area contributed by atoms with Crippen molar-refractivity contribution in [3.8, 4) is 0 Å². The number of benzene rings is 2. The molecule has 0 fully saturated rings. The molecule has 0 saturated heterocycles. The van der Waals surface area contributed by atoms with E-state index >= 15 is 0 Å². The van der Waals surface area contributed by atoms with E-state index in [2.05, 4.69) is 10.3 Å². The van der Waals surface area contributed by atoms with E-state index in [-0.39, 0.29) is 24.9 Å². The number of para-hydroxylation sites is 1. The highest BCUT2D eigenvalue weighted by atomic mass is 19.1. The van der Waals surface area contributed by atoms with Crippen LogP contribution in [0, 0.1) is 12.7 Å². The maximum absolute atomic E-state index is 13.0. The zero-order valence-corrected chi connectivity index (χ0v) is 17.3. The van der Waals surface area contributed by atoms with Gasteiger partial charge in [-0.25, -0.2) is 14.2 Å². The van der Waals surface area contributed by atoms with Gasteiger partial charge in [-0.1, -0.05) is 18.2 Å². The smallest absolute Gasteiger partial charge is 0.340 e. The minimum Gasteiger partial charge on any atom is -0.462 e. The Morgan fingerprint density at radius 2 is 1.83 bits per heavy atom. The summed E-state index contributed by atoms with van der Waals surface area (Å²) in [4.78, 5) is 30.5. The first-order valence-corrected chi connectivity index (χ1v) is 9.81. The maximum atomic E-state index is 13.0. The number of amides is 1. The molecule has 0 radical (unpaired) electrons. The first-order chi connectivity index (χ1) is 14.4. The normalized spacial score (nSPS) is 11.9. The van der Waals surface area contributed by atoms with Gasteiger partial charge in [-0.15, -0.1) is 0 Å². The highest BCUT2D eigenvalue weighted by Crippen LogP contribution is 2.23. The number of ether oxygens (including phenoxy) is 1. The Bertz CT molecular complexity index is 1070. The summed E-state index contributed by atoms with van der Waals surface area (Å²) in [6.07, 6.45) is 0. The van der Waals surface area contributed by atoms with Crippen molar-refractivity contribution in [3.63, 3.8) is 0 Å². The topological polar surface area (TPSA) is 72.7 Å². The molecule has 2 N–H and O–H groups in total. The van der Waals surface area contributed by atoms with Gasteiger partial charge in [-0.05, 0) is 49.7 Å². The standard InChI is InChI=1S/C23H24FN3O3/c1-4-30-23(29)22-15(2)18-7-5-6-8-19(18)26-20(22)13-27(3)14-21(28)25-17-11-9-16(24)10-12-17/h5-12H,4,13-14H2,1-3H3,(H,25,28)/p+1. The molecule has 0 bridgehead atoms. The number of hydrogen-bond acceptors (Lipinski definition) is 4. The van der Waals surface area contributed by atoms with Gasteiger partial charge in [0.2, 0.25) is 0 Å². The van der Waals surface area contributed by atoms with Crippen molar-refractivity contribution in [3.05, 3.63) is 71.2 Å². The molecule has 7 heteroatoms. The Morgan fingerprint density at radius 3 is 2.53 bits per heavy atom. The number of esters is 1. The van der Waals surface area contributed by atoms with Gasteiger partial charge in [0, 0.05) is 11.1 Å². The fraction of sp³-hybridized carbons (Fsp3) is 0.261. The summed E-state index contributed by atoms with van der Waals surface area (Å²) in [5.74, 6) is -0.985. The second kappa shape index (κ2) is 9.45. The molecule has 2 aromatic carbocycles. The zero-order chi connectivity index (χ0) is 21.7. The zero-order valence-electron chi connectivity index (χ0n) is 17.3. The van der Waals surface area contributed by atoms with Crippen LogP contribution in [0.25, 0.3) is 10.9 Å². The summed E-state index contributed by atoms with van der Waals surface area (Å²) >= 11 is 0. The molecular weight excluding hydrogens is 385 g/mol. The molecule has 1 heterocycles. The lowest BCUT2D eigenvalue weighted by atomic mass is 10.0. The van der Waals surface area contributed by atoms with Gasteiger partial charge in [0.15, 0.2) is 6.54 Å². The second-order valence-corrected chi connectivity index (χ2v) is 7.16. The number of pyridine rings is 1. The molecule has 6 nitrogen and oxygen atoms in total.